The SMILES string of the molecule is CC(NC(=O)C(Oc1ccccc1C#N)C(C)C)c1cccc(Br)c1. The highest BCUT2D eigenvalue weighted by atomic mass is 79.9. The Morgan fingerprint density at radius 1 is 1.16 bits per heavy atom. The van der Waals surface area contributed by atoms with E-state index in [-0.39, 0.29) is 17.9 Å². The van der Waals surface area contributed by atoms with Gasteiger partial charge in [0.15, 0.2) is 6.10 Å². The molecule has 0 saturated heterocycles. The maximum absolute atomic E-state index is 12.7. The van der Waals surface area contributed by atoms with E-state index in [0.29, 0.717) is 11.3 Å². The van der Waals surface area contributed by atoms with E-state index in [1.807, 2.05) is 45.0 Å². The predicted octanol–water partition coefficient (Wildman–Crippen LogP) is 4.60. The van der Waals surface area contributed by atoms with Crippen molar-refractivity contribution < 1.29 is 9.53 Å². The standard InChI is InChI=1S/C20H21BrN2O2/c1-13(2)19(25-18-10-5-4-7-16(18)12-22)20(24)23-14(3)15-8-6-9-17(21)11-15/h4-11,13-14,19H,1-3H3,(H,23,24). The number of nitriles is 1. The highest BCUT2D eigenvalue weighted by Crippen LogP contribution is 2.22. The molecule has 2 unspecified atom stereocenters. The summed E-state index contributed by atoms with van der Waals surface area (Å²) in [5, 5.41) is 12.2. The summed E-state index contributed by atoms with van der Waals surface area (Å²) in [5.41, 5.74) is 1.42. The maximum Gasteiger partial charge on any atom is 0.261 e. The third-order valence-electron chi connectivity index (χ3n) is 3.83. The number of nitrogens with zero attached hydrogens (tertiary/aromatic N) is 1. The number of amides is 1. The summed E-state index contributed by atoms with van der Waals surface area (Å²) in [6, 6.07) is 16.7. The van der Waals surface area contributed by atoms with Crippen LogP contribution in [0.15, 0.2) is 53.0 Å². The Kier molecular flexibility index (Phi) is 6.60. The van der Waals surface area contributed by atoms with Crippen LogP contribution >= 0.6 is 15.9 Å². The van der Waals surface area contributed by atoms with Crippen LogP contribution in [0.2, 0.25) is 0 Å². The summed E-state index contributed by atoms with van der Waals surface area (Å²) in [7, 11) is 0. The third kappa shape index (κ3) is 5.07. The summed E-state index contributed by atoms with van der Waals surface area (Å²) in [4.78, 5) is 12.7. The van der Waals surface area contributed by atoms with Gasteiger partial charge in [0.05, 0.1) is 11.6 Å². The van der Waals surface area contributed by atoms with Gasteiger partial charge >= 0.3 is 0 Å². The Morgan fingerprint density at radius 3 is 2.52 bits per heavy atom. The lowest BCUT2D eigenvalue weighted by molar-refractivity contribution is -0.130. The van der Waals surface area contributed by atoms with Crippen LogP contribution in [-0.2, 0) is 4.79 Å². The molecule has 1 N–H and O–H groups in total. The van der Waals surface area contributed by atoms with Gasteiger partial charge < -0.3 is 10.1 Å². The topological polar surface area (TPSA) is 62.1 Å². The minimum atomic E-state index is -0.677. The van der Waals surface area contributed by atoms with Crippen LogP contribution in [0.4, 0.5) is 0 Å². The summed E-state index contributed by atoms with van der Waals surface area (Å²) in [5.74, 6) is 0.186. The van der Waals surface area contributed by atoms with Crippen LogP contribution in [0, 0.1) is 17.2 Å². The van der Waals surface area contributed by atoms with Crippen LogP contribution in [-0.4, -0.2) is 12.0 Å². The molecule has 4 nitrogen and oxygen atoms in total. The first-order chi connectivity index (χ1) is 11.9. The molecule has 1 amide bonds. The molecule has 0 radical (unpaired) electrons. The normalized spacial score (nSPS) is 13.0. The smallest absolute Gasteiger partial charge is 0.261 e. The number of carbonyl (C=O) groups is 1. The zero-order chi connectivity index (χ0) is 18.4. The van der Waals surface area contributed by atoms with Gasteiger partial charge in [-0.3, -0.25) is 4.79 Å². The summed E-state index contributed by atoms with van der Waals surface area (Å²) >= 11 is 3.44. The van der Waals surface area contributed by atoms with E-state index in [9.17, 15) is 10.1 Å². The Hall–Kier alpha value is -2.32. The van der Waals surface area contributed by atoms with Crippen molar-refractivity contribution in [1.82, 2.24) is 5.32 Å². The lowest BCUT2D eigenvalue weighted by Crippen LogP contribution is -2.42. The molecule has 25 heavy (non-hydrogen) atoms. The number of hydrogen-bond acceptors (Lipinski definition) is 3. The number of para-hydroxylation sites is 1. The zero-order valence-electron chi connectivity index (χ0n) is 14.5. The third-order valence-corrected chi connectivity index (χ3v) is 4.33. The van der Waals surface area contributed by atoms with Gasteiger partial charge in [-0.2, -0.15) is 5.26 Å². The number of carbonyl (C=O) groups excluding carboxylic acids is 1. The molecule has 0 saturated carbocycles. The Labute approximate surface area is 156 Å². The van der Waals surface area contributed by atoms with Gasteiger partial charge in [0.1, 0.15) is 11.8 Å². The number of ether oxygens (including phenoxy) is 1. The quantitative estimate of drug-likeness (QED) is 0.770. The first-order valence-electron chi connectivity index (χ1n) is 8.14. The molecule has 0 spiro atoms. The molecule has 5 heteroatoms. The van der Waals surface area contributed by atoms with Crippen molar-refractivity contribution in [2.45, 2.75) is 32.9 Å². The van der Waals surface area contributed by atoms with Crippen LogP contribution in [0.3, 0.4) is 0 Å². The number of rotatable bonds is 6. The molecular formula is C20H21BrN2O2. The summed E-state index contributed by atoms with van der Waals surface area (Å²) < 4.78 is 6.84. The lowest BCUT2D eigenvalue weighted by atomic mass is 10.0. The number of benzene rings is 2. The van der Waals surface area contributed by atoms with Crippen LogP contribution < -0.4 is 10.1 Å². The fraction of sp³-hybridized carbons (Fsp3) is 0.300. The van der Waals surface area contributed by atoms with Gasteiger partial charge in [-0.15, -0.1) is 0 Å². The minimum Gasteiger partial charge on any atom is -0.479 e. The van der Waals surface area contributed by atoms with Crippen molar-refractivity contribution in [3.05, 3.63) is 64.1 Å². The molecule has 0 fully saturated rings. The largest absolute Gasteiger partial charge is 0.479 e. The van der Waals surface area contributed by atoms with E-state index in [1.54, 1.807) is 24.3 Å². The second kappa shape index (κ2) is 8.68. The molecule has 2 atom stereocenters. The molecule has 2 aromatic rings. The molecule has 2 rings (SSSR count). The molecule has 0 heterocycles. The van der Waals surface area contributed by atoms with Crippen molar-refractivity contribution in [3.63, 3.8) is 0 Å². The average molecular weight is 401 g/mol. The highest BCUT2D eigenvalue weighted by molar-refractivity contribution is 9.10. The van der Waals surface area contributed by atoms with Crippen molar-refractivity contribution in [2.75, 3.05) is 0 Å². The fourth-order valence-electron chi connectivity index (χ4n) is 2.45. The Bertz CT molecular complexity index is 783. The van der Waals surface area contributed by atoms with Gasteiger partial charge in [-0.05, 0) is 42.7 Å². The van der Waals surface area contributed by atoms with Crippen LogP contribution in [0.25, 0.3) is 0 Å². The molecule has 130 valence electrons. The Balaban J connectivity index is 2.14. The van der Waals surface area contributed by atoms with E-state index >= 15 is 0 Å². The summed E-state index contributed by atoms with van der Waals surface area (Å²) in [6.07, 6.45) is -0.677. The zero-order valence-corrected chi connectivity index (χ0v) is 16.1. The monoisotopic (exact) mass is 400 g/mol. The van der Waals surface area contributed by atoms with Gasteiger partial charge in [0.2, 0.25) is 0 Å². The van der Waals surface area contributed by atoms with E-state index in [1.165, 1.54) is 0 Å². The second-order valence-electron chi connectivity index (χ2n) is 6.18. The van der Waals surface area contributed by atoms with Crippen LogP contribution in [0.5, 0.6) is 5.75 Å². The first kappa shape index (κ1) is 19.0. The maximum atomic E-state index is 12.7. The molecule has 0 aliphatic heterocycles. The van der Waals surface area contributed by atoms with Crippen molar-refractivity contribution in [1.29, 1.82) is 5.26 Å². The summed E-state index contributed by atoms with van der Waals surface area (Å²) in [6.45, 7) is 5.77. The lowest BCUT2D eigenvalue weighted by Gasteiger charge is -2.24. The molecule has 0 aromatic heterocycles. The van der Waals surface area contributed by atoms with Gasteiger partial charge in [-0.25, -0.2) is 0 Å². The molecule has 0 bridgehead atoms. The van der Waals surface area contributed by atoms with E-state index in [2.05, 4.69) is 27.3 Å². The number of halogens is 1. The molecule has 0 aliphatic carbocycles. The minimum absolute atomic E-state index is 0.0403. The number of hydrogen-bond donors (Lipinski definition) is 1. The fourth-order valence-corrected chi connectivity index (χ4v) is 2.86. The van der Waals surface area contributed by atoms with E-state index in [0.717, 1.165) is 10.0 Å². The molecule has 0 aliphatic rings. The van der Waals surface area contributed by atoms with Gasteiger partial charge in [0, 0.05) is 4.47 Å². The van der Waals surface area contributed by atoms with E-state index in [4.69, 9.17) is 4.74 Å². The van der Waals surface area contributed by atoms with Crippen LogP contribution in [0.1, 0.15) is 37.9 Å². The first-order valence-corrected chi connectivity index (χ1v) is 8.93. The van der Waals surface area contributed by atoms with Crippen molar-refractivity contribution in [3.8, 4) is 11.8 Å². The van der Waals surface area contributed by atoms with Gasteiger partial charge in [-0.1, -0.05) is 54.0 Å². The Morgan fingerprint density at radius 2 is 1.88 bits per heavy atom. The highest BCUT2D eigenvalue weighted by Gasteiger charge is 2.26. The second-order valence-corrected chi connectivity index (χ2v) is 7.09. The van der Waals surface area contributed by atoms with Crippen molar-refractivity contribution >= 4 is 21.8 Å². The average Bonchev–Trinajstić information content (AvgIpc) is 2.59. The molecule has 2 aromatic carbocycles. The predicted molar refractivity (Wildman–Crippen MR) is 101 cm³/mol. The van der Waals surface area contributed by atoms with Crippen molar-refractivity contribution in [2.24, 2.45) is 5.92 Å². The van der Waals surface area contributed by atoms with Gasteiger partial charge in [0.25, 0.3) is 5.91 Å². The van der Waals surface area contributed by atoms with E-state index < -0.39 is 6.10 Å². The molecular weight excluding hydrogens is 380 g/mol. The number of nitrogens with one attached hydrogen (secondary N) is 1.